The first kappa shape index (κ1) is 25.7. The van der Waals surface area contributed by atoms with Gasteiger partial charge in [0.1, 0.15) is 5.78 Å². The maximum absolute atomic E-state index is 12.9. The van der Waals surface area contributed by atoms with Gasteiger partial charge in [-0.15, -0.1) is 0 Å². The van der Waals surface area contributed by atoms with Crippen molar-refractivity contribution in [3.05, 3.63) is 46.2 Å². The molecule has 0 unspecified atom stereocenters. The number of nitrogens with zero attached hydrogens (tertiary/aromatic N) is 1. The number of ether oxygens (including phenoxy) is 2. The van der Waals surface area contributed by atoms with Gasteiger partial charge in [-0.05, 0) is 62.3 Å². The Balaban J connectivity index is 1.43. The van der Waals surface area contributed by atoms with E-state index < -0.39 is 6.09 Å². The number of methoxy groups -OCH3 is 1. The van der Waals surface area contributed by atoms with Crippen LogP contribution in [-0.4, -0.2) is 49.8 Å². The van der Waals surface area contributed by atoms with Gasteiger partial charge in [-0.25, -0.2) is 4.79 Å². The topological polar surface area (TPSA) is 89.5 Å². The minimum atomic E-state index is -0.464. The number of amides is 1. The number of hydrogen-bond donors (Lipinski definition) is 2. The summed E-state index contributed by atoms with van der Waals surface area (Å²) < 4.78 is 10.1. The van der Waals surface area contributed by atoms with E-state index >= 15 is 0 Å². The number of aromatic nitrogens is 1. The number of benzene rings is 1. The van der Waals surface area contributed by atoms with Crippen LogP contribution in [0.5, 0.6) is 0 Å². The molecule has 7 nitrogen and oxygen atoms in total. The van der Waals surface area contributed by atoms with Gasteiger partial charge in [0.05, 0.1) is 12.1 Å². The lowest BCUT2D eigenvalue weighted by molar-refractivity contribution is -0.122. The molecule has 2 atom stereocenters. The van der Waals surface area contributed by atoms with Crippen molar-refractivity contribution < 1.29 is 19.1 Å². The first-order valence-electron chi connectivity index (χ1n) is 12.1. The lowest BCUT2D eigenvalue weighted by Gasteiger charge is -2.23. The highest BCUT2D eigenvalue weighted by atomic mass is 35.5. The molecule has 1 aliphatic carbocycles. The Hall–Kier alpha value is -2.35. The summed E-state index contributed by atoms with van der Waals surface area (Å²) in [4.78, 5) is 28.8. The molecule has 2 fully saturated rings. The third-order valence-corrected chi connectivity index (χ3v) is 7.49. The van der Waals surface area contributed by atoms with Crippen molar-refractivity contribution in [2.45, 2.75) is 44.6 Å². The molecule has 1 saturated heterocycles. The number of anilines is 1. The average molecular weight is 520 g/mol. The van der Waals surface area contributed by atoms with Crippen LogP contribution in [0.2, 0.25) is 10.0 Å². The number of rotatable bonds is 8. The standard InChI is InChI=1S/C26H31Cl2N3O4/c1-34-26(33)31-19-3-2-17(10-19)25(32)13-20-12-22(24(28)15-30-20)21-11-18(4-5-23(21)27)29-14-16-6-8-35-9-7-16/h4-5,11-12,15-17,19,29H,2-3,6-10,13-14H2,1H3,(H,31,33)/t17-,19+/m0/s1. The average Bonchev–Trinajstić information content (AvgIpc) is 3.34. The Kier molecular flexibility index (Phi) is 8.87. The first-order chi connectivity index (χ1) is 16.9. The molecular weight excluding hydrogens is 489 g/mol. The van der Waals surface area contributed by atoms with Crippen molar-refractivity contribution in [3.8, 4) is 11.1 Å². The fourth-order valence-corrected chi connectivity index (χ4v) is 5.22. The first-order valence-corrected chi connectivity index (χ1v) is 12.8. The number of pyridine rings is 1. The minimum Gasteiger partial charge on any atom is -0.453 e. The summed E-state index contributed by atoms with van der Waals surface area (Å²) >= 11 is 13.1. The quantitative estimate of drug-likeness (QED) is 0.476. The number of Topliss-reactive ketones (excluding diaryl/α,β-unsaturated/α-hetero) is 1. The van der Waals surface area contributed by atoms with Gasteiger partial charge in [0.25, 0.3) is 0 Å². The highest BCUT2D eigenvalue weighted by molar-refractivity contribution is 6.36. The van der Waals surface area contributed by atoms with Gasteiger partial charge in [-0.1, -0.05) is 23.2 Å². The lowest BCUT2D eigenvalue weighted by atomic mass is 9.97. The number of hydrogen-bond acceptors (Lipinski definition) is 6. The highest BCUT2D eigenvalue weighted by Crippen LogP contribution is 2.36. The number of alkyl carbamates (subject to hydrolysis) is 1. The van der Waals surface area contributed by atoms with Crippen LogP contribution in [-0.2, 0) is 20.7 Å². The zero-order chi connectivity index (χ0) is 24.8. The van der Waals surface area contributed by atoms with Crippen LogP contribution in [0.1, 0.15) is 37.8 Å². The maximum Gasteiger partial charge on any atom is 0.407 e. The van der Waals surface area contributed by atoms with Crippen LogP contribution in [0.3, 0.4) is 0 Å². The Labute approximate surface area is 215 Å². The zero-order valence-electron chi connectivity index (χ0n) is 19.8. The monoisotopic (exact) mass is 519 g/mol. The van der Waals surface area contributed by atoms with E-state index in [1.54, 1.807) is 6.20 Å². The second kappa shape index (κ2) is 12.1. The molecule has 35 heavy (non-hydrogen) atoms. The molecule has 1 aromatic carbocycles. The normalized spacial score (nSPS) is 20.4. The molecule has 2 N–H and O–H groups in total. The molecule has 1 amide bonds. The Morgan fingerprint density at radius 2 is 1.86 bits per heavy atom. The van der Waals surface area contributed by atoms with Crippen molar-refractivity contribution in [1.82, 2.24) is 10.3 Å². The van der Waals surface area contributed by atoms with Crippen LogP contribution in [0.25, 0.3) is 11.1 Å². The van der Waals surface area contributed by atoms with E-state index in [1.807, 2.05) is 24.3 Å². The maximum atomic E-state index is 12.9. The third-order valence-electron chi connectivity index (χ3n) is 6.85. The number of nitrogens with one attached hydrogen (secondary N) is 2. The van der Waals surface area contributed by atoms with Gasteiger partial charge in [0.2, 0.25) is 0 Å². The van der Waals surface area contributed by atoms with Gasteiger partial charge in [0, 0.05) is 71.9 Å². The van der Waals surface area contributed by atoms with E-state index in [-0.39, 0.29) is 24.2 Å². The van der Waals surface area contributed by atoms with Gasteiger partial charge >= 0.3 is 6.09 Å². The Bertz CT molecular complexity index is 1060. The Morgan fingerprint density at radius 1 is 1.09 bits per heavy atom. The largest absolute Gasteiger partial charge is 0.453 e. The zero-order valence-corrected chi connectivity index (χ0v) is 21.3. The fourth-order valence-electron chi connectivity index (χ4n) is 4.79. The van der Waals surface area contributed by atoms with E-state index in [4.69, 9.17) is 27.9 Å². The second-order valence-corrected chi connectivity index (χ2v) is 10.1. The van der Waals surface area contributed by atoms with E-state index in [0.717, 1.165) is 62.3 Å². The van der Waals surface area contributed by atoms with Crippen molar-refractivity contribution in [3.63, 3.8) is 0 Å². The molecule has 0 spiro atoms. The number of carbonyl (C=O) groups is 2. The molecule has 0 radical (unpaired) electrons. The van der Waals surface area contributed by atoms with Crippen LogP contribution in [0.4, 0.5) is 10.5 Å². The fraction of sp³-hybridized carbons (Fsp3) is 0.500. The predicted molar refractivity (Wildman–Crippen MR) is 137 cm³/mol. The summed E-state index contributed by atoms with van der Waals surface area (Å²) in [7, 11) is 1.33. The summed E-state index contributed by atoms with van der Waals surface area (Å²) in [6.07, 6.45) is 5.54. The Morgan fingerprint density at radius 3 is 2.63 bits per heavy atom. The molecule has 4 rings (SSSR count). The predicted octanol–water partition coefficient (Wildman–Crippen LogP) is 5.53. The summed E-state index contributed by atoms with van der Waals surface area (Å²) in [6, 6.07) is 7.62. The van der Waals surface area contributed by atoms with E-state index in [9.17, 15) is 9.59 Å². The summed E-state index contributed by atoms with van der Waals surface area (Å²) in [6.45, 7) is 2.51. The van der Waals surface area contributed by atoms with Crippen LogP contribution >= 0.6 is 23.2 Å². The van der Waals surface area contributed by atoms with Crippen LogP contribution in [0, 0.1) is 11.8 Å². The van der Waals surface area contributed by atoms with E-state index in [0.29, 0.717) is 28.1 Å². The second-order valence-electron chi connectivity index (χ2n) is 9.27. The molecule has 188 valence electrons. The lowest BCUT2D eigenvalue weighted by Crippen LogP contribution is -2.33. The molecular formula is C26H31Cl2N3O4. The molecule has 9 heteroatoms. The molecule has 2 heterocycles. The smallest absolute Gasteiger partial charge is 0.407 e. The summed E-state index contributed by atoms with van der Waals surface area (Å²) in [5, 5.41) is 7.36. The van der Waals surface area contributed by atoms with Crippen LogP contribution < -0.4 is 10.6 Å². The van der Waals surface area contributed by atoms with Gasteiger partial charge in [-0.3, -0.25) is 9.78 Å². The van der Waals surface area contributed by atoms with Gasteiger partial charge in [0.15, 0.2) is 0 Å². The molecule has 2 aliphatic rings. The van der Waals surface area contributed by atoms with Crippen molar-refractivity contribution >= 4 is 40.8 Å². The third kappa shape index (κ3) is 6.87. The van der Waals surface area contributed by atoms with Gasteiger partial charge in [-0.2, -0.15) is 0 Å². The summed E-state index contributed by atoms with van der Waals surface area (Å²) in [5.41, 5.74) is 3.17. The minimum absolute atomic E-state index is 0.0414. The summed E-state index contributed by atoms with van der Waals surface area (Å²) in [5.74, 6) is 0.584. The molecule has 1 aliphatic heterocycles. The number of ketones is 1. The SMILES string of the molecule is COC(=O)N[C@@H]1CC[C@H](C(=O)Cc2cc(-c3cc(NCC4CCOCC4)ccc3Cl)c(Cl)cn2)C1. The van der Waals surface area contributed by atoms with Crippen molar-refractivity contribution in [2.75, 3.05) is 32.2 Å². The molecule has 1 aromatic heterocycles. The van der Waals surface area contributed by atoms with Crippen LogP contribution in [0.15, 0.2) is 30.5 Å². The van der Waals surface area contributed by atoms with Crippen molar-refractivity contribution in [2.24, 2.45) is 11.8 Å². The molecule has 2 aromatic rings. The van der Waals surface area contributed by atoms with Crippen molar-refractivity contribution in [1.29, 1.82) is 0 Å². The molecule has 1 saturated carbocycles. The highest BCUT2D eigenvalue weighted by Gasteiger charge is 2.31. The van der Waals surface area contributed by atoms with E-state index in [2.05, 4.69) is 20.4 Å². The van der Waals surface area contributed by atoms with Gasteiger partial charge < -0.3 is 20.1 Å². The number of carbonyl (C=O) groups excluding carboxylic acids is 2. The van der Waals surface area contributed by atoms with E-state index in [1.165, 1.54) is 7.11 Å². The number of halogens is 2. The molecule has 0 bridgehead atoms.